The van der Waals surface area contributed by atoms with Gasteiger partial charge >= 0.3 is 0 Å². The van der Waals surface area contributed by atoms with Crippen LogP contribution in [0.1, 0.15) is 58.1 Å². The molecule has 0 radical (unpaired) electrons. The minimum Gasteiger partial charge on any atom is -0.354 e. The predicted molar refractivity (Wildman–Crippen MR) is 152 cm³/mol. The van der Waals surface area contributed by atoms with Crippen LogP contribution in [0.3, 0.4) is 0 Å². The van der Waals surface area contributed by atoms with Gasteiger partial charge in [-0.3, -0.25) is 13.9 Å². The summed E-state index contributed by atoms with van der Waals surface area (Å²) in [5.41, 5.74) is 1.72. The van der Waals surface area contributed by atoms with Gasteiger partial charge in [-0.15, -0.1) is 0 Å². The number of nitrogens with one attached hydrogen (secondary N) is 1. The lowest BCUT2D eigenvalue weighted by Gasteiger charge is -2.34. The molecule has 1 atom stereocenters. The minimum atomic E-state index is -3.83. The second-order valence-corrected chi connectivity index (χ2v) is 12.5. The summed E-state index contributed by atoms with van der Waals surface area (Å²) in [5, 5.41) is 3.60. The van der Waals surface area contributed by atoms with E-state index in [0.717, 1.165) is 16.1 Å². The van der Waals surface area contributed by atoms with E-state index < -0.39 is 28.5 Å². The molecule has 0 bridgehead atoms. The van der Waals surface area contributed by atoms with E-state index >= 15 is 0 Å². The van der Waals surface area contributed by atoms with Gasteiger partial charge in [0.25, 0.3) is 0 Å². The van der Waals surface area contributed by atoms with Gasteiger partial charge < -0.3 is 10.2 Å². The van der Waals surface area contributed by atoms with Crippen molar-refractivity contribution >= 4 is 50.7 Å². The molecule has 0 saturated heterocycles. The van der Waals surface area contributed by atoms with Crippen LogP contribution >= 0.6 is 23.2 Å². The fourth-order valence-corrected chi connectivity index (χ4v) is 5.38. The Labute approximate surface area is 231 Å². The first-order chi connectivity index (χ1) is 17.3. The highest BCUT2D eigenvalue weighted by molar-refractivity contribution is 7.92. The summed E-state index contributed by atoms with van der Waals surface area (Å²) in [6.45, 7) is 9.59. The van der Waals surface area contributed by atoms with Crippen LogP contribution < -0.4 is 9.62 Å². The van der Waals surface area contributed by atoms with Crippen molar-refractivity contribution in [2.24, 2.45) is 5.92 Å². The molecular formula is C27H37Cl2N3O4S. The largest absolute Gasteiger partial charge is 0.354 e. The monoisotopic (exact) mass is 569 g/mol. The summed E-state index contributed by atoms with van der Waals surface area (Å²) in [6.07, 6.45) is 1.39. The fourth-order valence-electron chi connectivity index (χ4n) is 3.99. The molecule has 204 valence electrons. The molecule has 37 heavy (non-hydrogen) atoms. The van der Waals surface area contributed by atoms with Crippen LogP contribution in [0.15, 0.2) is 42.5 Å². The number of benzene rings is 2. The Morgan fingerprint density at radius 2 is 1.57 bits per heavy atom. The van der Waals surface area contributed by atoms with E-state index in [9.17, 15) is 18.0 Å². The molecule has 2 aromatic rings. The molecule has 2 rings (SSSR count). The SMILES string of the molecule is CC[C@H](C(=O)NCC(C)C)N(Cc1c(Cl)cccc1Cl)C(=O)CN(c1ccccc1C(C)C)S(C)(=O)=O. The van der Waals surface area contributed by atoms with Crippen molar-refractivity contribution in [1.29, 1.82) is 0 Å². The highest BCUT2D eigenvalue weighted by atomic mass is 35.5. The second-order valence-electron chi connectivity index (χ2n) is 9.77. The highest BCUT2D eigenvalue weighted by Crippen LogP contribution is 2.30. The number of carbonyl (C=O) groups is 2. The smallest absolute Gasteiger partial charge is 0.244 e. The molecule has 2 aromatic carbocycles. The standard InChI is InChI=1S/C27H37Cl2N3O4S/c1-7-24(27(34)30-15-18(2)3)31(16-21-22(28)12-10-13-23(21)29)26(33)17-32(37(6,35)36)25-14-9-8-11-20(25)19(4)5/h8-14,18-19,24H,7,15-17H2,1-6H3,(H,30,34)/t24-/m1/s1. The van der Waals surface area contributed by atoms with Crippen molar-refractivity contribution in [3.05, 3.63) is 63.6 Å². The number of carbonyl (C=O) groups excluding carboxylic acids is 2. The Hall–Kier alpha value is -2.29. The first-order valence-electron chi connectivity index (χ1n) is 12.3. The van der Waals surface area contributed by atoms with E-state index in [1.54, 1.807) is 37.3 Å². The van der Waals surface area contributed by atoms with E-state index in [4.69, 9.17) is 23.2 Å². The van der Waals surface area contributed by atoms with E-state index in [0.29, 0.717) is 34.3 Å². The molecular weight excluding hydrogens is 533 g/mol. The fraction of sp³-hybridized carbons (Fsp3) is 0.481. The van der Waals surface area contributed by atoms with E-state index in [2.05, 4.69) is 5.32 Å². The maximum atomic E-state index is 13.9. The Morgan fingerprint density at radius 3 is 2.08 bits per heavy atom. The van der Waals surface area contributed by atoms with Crippen molar-refractivity contribution in [3.63, 3.8) is 0 Å². The van der Waals surface area contributed by atoms with Crippen molar-refractivity contribution in [3.8, 4) is 0 Å². The number of hydrogen-bond donors (Lipinski definition) is 1. The zero-order valence-corrected chi connectivity index (χ0v) is 24.6. The Balaban J connectivity index is 2.55. The van der Waals surface area contributed by atoms with Gasteiger partial charge in [0, 0.05) is 28.7 Å². The lowest BCUT2D eigenvalue weighted by molar-refractivity contribution is -0.140. The molecule has 0 heterocycles. The second kappa shape index (κ2) is 13.5. The molecule has 7 nitrogen and oxygen atoms in total. The topological polar surface area (TPSA) is 86.8 Å². The number of rotatable bonds is 12. The van der Waals surface area contributed by atoms with Crippen LogP contribution in [0, 0.1) is 5.92 Å². The average Bonchev–Trinajstić information content (AvgIpc) is 2.81. The van der Waals surface area contributed by atoms with Crippen molar-refractivity contribution in [1.82, 2.24) is 10.2 Å². The molecule has 0 saturated carbocycles. The summed E-state index contributed by atoms with van der Waals surface area (Å²) in [7, 11) is -3.83. The molecule has 0 fully saturated rings. The number of nitrogens with zero attached hydrogens (tertiary/aromatic N) is 2. The highest BCUT2D eigenvalue weighted by Gasteiger charge is 2.33. The van der Waals surface area contributed by atoms with Crippen LogP contribution in [-0.4, -0.2) is 50.5 Å². The van der Waals surface area contributed by atoms with Gasteiger partial charge in [-0.2, -0.15) is 0 Å². The van der Waals surface area contributed by atoms with Crippen LogP contribution in [0.2, 0.25) is 10.0 Å². The quantitative estimate of drug-likeness (QED) is 0.367. The van der Waals surface area contributed by atoms with Gasteiger partial charge in [-0.05, 0) is 42.0 Å². The van der Waals surface area contributed by atoms with E-state index in [1.165, 1.54) is 4.90 Å². The zero-order valence-electron chi connectivity index (χ0n) is 22.3. The number of sulfonamides is 1. The molecule has 10 heteroatoms. The molecule has 1 N–H and O–H groups in total. The Kier molecular flexibility index (Phi) is 11.3. The normalized spacial score (nSPS) is 12.5. The average molecular weight is 571 g/mol. The summed E-state index contributed by atoms with van der Waals surface area (Å²) in [6, 6.07) is 11.3. The third-order valence-electron chi connectivity index (χ3n) is 5.97. The Morgan fingerprint density at radius 1 is 0.973 bits per heavy atom. The number of para-hydroxylation sites is 1. The van der Waals surface area contributed by atoms with Gasteiger partial charge in [0.2, 0.25) is 21.8 Å². The van der Waals surface area contributed by atoms with E-state index in [1.807, 2.05) is 39.8 Å². The first kappa shape index (κ1) is 30.9. The minimum absolute atomic E-state index is 0.0267. The molecule has 0 aromatic heterocycles. The van der Waals surface area contributed by atoms with E-state index in [-0.39, 0.29) is 24.3 Å². The summed E-state index contributed by atoms with van der Waals surface area (Å²) >= 11 is 12.8. The third-order valence-corrected chi connectivity index (χ3v) is 7.80. The molecule has 0 aliphatic heterocycles. The van der Waals surface area contributed by atoms with Gasteiger partial charge in [0.05, 0.1) is 11.9 Å². The van der Waals surface area contributed by atoms with Crippen LogP contribution in [0.5, 0.6) is 0 Å². The van der Waals surface area contributed by atoms with Crippen LogP contribution in [-0.2, 0) is 26.2 Å². The lowest BCUT2D eigenvalue weighted by Crippen LogP contribution is -2.52. The summed E-state index contributed by atoms with van der Waals surface area (Å²) in [4.78, 5) is 28.4. The maximum absolute atomic E-state index is 13.9. The molecule has 2 amide bonds. The number of hydrogen-bond acceptors (Lipinski definition) is 4. The molecule has 0 unspecified atom stereocenters. The van der Waals surface area contributed by atoms with Gasteiger partial charge in [-0.1, -0.05) is 82.1 Å². The van der Waals surface area contributed by atoms with Crippen molar-refractivity contribution < 1.29 is 18.0 Å². The van der Waals surface area contributed by atoms with Crippen LogP contribution in [0.4, 0.5) is 5.69 Å². The zero-order chi connectivity index (χ0) is 27.9. The van der Waals surface area contributed by atoms with Gasteiger partial charge in [0.15, 0.2) is 0 Å². The summed E-state index contributed by atoms with van der Waals surface area (Å²) in [5.74, 6) is -0.608. The first-order valence-corrected chi connectivity index (χ1v) is 14.9. The number of anilines is 1. The van der Waals surface area contributed by atoms with Crippen molar-refractivity contribution in [2.45, 2.75) is 59.5 Å². The predicted octanol–water partition coefficient (Wildman–Crippen LogP) is 5.46. The molecule has 0 aliphatic carbocycles. The Bertz CT molecular complexity index is 1180. The van der Waals surface area contributed by atoms with Crippen LogP contribution in [0.25, 0.3) is 0 Å². The molecule has 0 spiro atoms. The number of halogens is 2. The van der Waals surface area contributed by atoms with Crippen molar-refractivity contribution in [2.75, 3.05) is 23.7 Å². The number of amides is 2. The maximum Gasteiger partial charge on any atom is 0.244 e. The van der Waals surface area contributed by atoms with Gasteiger partial charge in [0.1, 0.15) is 12.6 Å². The lowest BCUT2D eigenvalue weighted by atomic mass is 10.0. The van der Waals surface area contributed by atoms with Gasteiger partial charge in [-0.25, -0.2) is 8.42 Å². The summed E-state index contributed by atoms with van der Waals surface area (Å²) < 4.78 is 26.9. The molecule has 0 aliphatic rings. The third kappa shape index (κ3) is 8.35.